The number of nitrogens with zero attached hydrogens (tertiary/aromatic N) is 10. The molecule has 0 N–H and O–H groups in total. The van der Waals surface area contributed by atoms with Crippen LogP contribution in [0.25, 0.3) is 22.3 Å². The fourth-order valence-electron chi connectivity index (χ4n) is 4.56. The number of pyridine rings is 1. The molecule has 0 atom stereocenters. The van der Waals surface area contributed by atoms with Crippen LogP contribution in [0, 0.1) is 17.1 Å². The van der Waals surface area contributed by atoms with Gasteiger partial charge in [0.2, 0.25) is 5.91 Å². The number of aryl methyl sites for hydroxylation is 1. The predicted octanol–water partition coefficient (Wildman–Crippen LogP) is 2.87. The number of rotatable bonds is 7. The van der Waals surface area contributed by atoms with E-state index < -0.39 is 5.82 Å². The Kier molecular flexibility index (Phi) is 7.46. The maximum atomic E-state index is 13.1. The van der Waals surface area contributed by atoms with Crippen molar-refractivity contribution in [1.82, 2.24) is 39.2 Å². The Bertz CT molecular complexity index is 1670. The van der Waals surface area contributed by atoms with Crippen molar-refractivity contribution in [1.29, 1.82) is 5.26 Å². The van der Waals surface area contributed by atoms with Crippen LogP contribution in [0.2, 0.25) is 0 Å². The highest BCUT2D eigenvalue weighted by atomic mass is 19.1. The first-order chi connectivity index (χ1) is 19.4. The Morgan fingerprint density at radius 3 is 2.55 bits per heavy atom. The van der Waals surface area contributed by atoms with E-state index >= 15 is 0 Å². The number of aromatic nitrogens is 6. The van der Waals surface area contributed by atoms with E-state index in [1.807, 2.05) is 32.3 Å². The Hall–Kier alpha value is -5.18. The molecular weight excluding hydrogens is 511 g/mol. The third-order valence-corrected chi connectivity index (χ3v) is 6.71. The van der Waals surface area contributed by atoms with Crippen LogP contribution in [0.5, 0.6) is 0 Å². The smallest absolute Gasteiger partial charge is 0.228 e. The summed E-state index contributed by atoms with van der Waals surface area (Å²) in [4.78, 5) is 29.6. The normalized spacial score (nSPS) is 14.4. The minimum Gasteiger partial charge on any atom is -0.353 e. The van der Waals surface area contributed by atoms with Crippen molar-refractivity contribution in [3.8, 4) is 17.3 Å². The second kappa shape index (κ2) is 11.3. The highest BCUT2D eigenvalue weighted by Gasteiger charge is 2.22. The lowest BCUT2D eigenvalue weighted by molar-refractivity contribution is -0.132. The zero-order valence-electron chi connectivity index (χ0n) is 22.2. The summed E-state index contributed by atoms with van der Waals surface area (Å²) in [5, 5.41) is 18.2. The molecule has 11 nitrogen and oxygen atoms in total. The standard InChI is InChI=1S/C28H27FN10O/c1-19(27-28-20(13-30)14-34-39(28)18-24(35-27)21-15-33-36(3)17-21)4-7-25(31-2)37-8-10-38(11-9-37)26(40)12-23-6-5-22(29)16-32-23/h4-7,14-18H,2,8-12H2,1,3H3/b19-4+,25-7+. The molecule has 0 bridgehead atoms. The second-order valence-corrected chi connectivity index (χ2v) is 9.39. The van der Waals surface area contributed by atoms with E-state index in [-0.39, 0.29) is 12.3 Å². The number of hydrogen-bond acceptors (Lipinski definition) is 8. The topological polar surface area (TPSA) is 121 Å². The van der Waals surface area contributed by atoms with Gasteiger partial charge in [-0.15, -0.1) is 0 Å². The van der Waals surface area contributed by atoms with Crippen LogP contribution in [0.1, 0.15) is 23.9 Å². The number of carbonyl (C=O) groups is 1. The van der Waals surface area contributed by atoms with Crippen LogP contribution >= 0.6 is 0 Å². The van der Waals surface area contributed by atoms with Crippen LogP contribution in [0.15, 0.2) is 66.1 Å². The summed E-state index contributed by atoms with van der Waals surface area (Å²) in [5.74, 6) is 0.187. The van der Waals surface area contributed by atoms with Crippen molar-refractivity contribution in [2.24, 2.45) is 12.0 Å². The lowest BCUT2D eigenvalue weighted by Crippen LogP contribution is -2.48. The monoisotopic (exact) mass is 538 g/mol. The Morgan fingerprint density at radius 2 is 1.90 bits per heavy atom. The van der Waals surface area contributed by atoms with Crippen LogP contribution < -0.4 is 0 Å². The number of nitriles is 1. The number of fused-ring (bicyclic) bond motifs is 1. The summed E-state index contributed by atoms with van der Waals surface area (Å²) in [5.41, 5.74) is 4.53. The first-order valence-corrected chi connectivity index (χ1v) is 12.6. The minimum absolute atomic E-state index is 0.0516. The zero-order chi connectivity index (χ0) is 28.2. The minimum atomic E-state index is -0.428. The van der Waals surface area contributed by atoms with Crippen molar-refractivity contribution in [3.63, 3.8) is 0 Å². The molecule has 0 saturated carbocycles. The van der Waals surface area contributed by atoms with Crippen molar-refractivity contribution in [3.05, 3.63) is 83.9 Å². The molecule has 1 fully saturated rings. The summed E-state index contributed by atoms with van der Waals surface area (Å²) in [6.45, 7) is 7.86. The molecule has 1 saturated heterocycles. The molecule has 1 aliphatic rings. The maximum absolute atomic E-state index is 13.1. The number of aliphatic imine (C=N–C) groups is 1. The summed E-state index contributed by atoms with van der Waals surface area (Å²) in [6.07, 6.45) is 11.9. The van der Waals surface area contributed by atoms with Crippen LogP contribution in [-0.4, -0.2) is 78.0 Å². The molecule has 40 heavy (non-hydrogen) atoms. The Balaban J connectivity index is 1.34. The molecule has 0 aliphatic carbocycles. The van der Waals surface area contributed by atoms with Gasteiger partial charge in [0.05, 0.1) is 48.2 Å². The first kappa shape index (κ1) is 26.4. The SMILES string of the molecule is C=N/C(=C\C=C(/C)c1nc(-c2cnn(C)c2)cn2ncc(C#N)c12)N1CCN(C(=O)Cc2ccc(F)cn2)CC1. The molecule has 4 aromatic heterocycles. The van der Waals surface area contributed by atoms with E-state index in [0.29, 0.717) is 60.2 Å². The van der Waals surface area contributed by atoms with Gasteiger partial charge in [0, 0.05) is 50.7 Å². The first-order valence-electron chi connectivity index (χ1n) is 12.6. The van der Waals surface area contributed by atoms with Gasteiger partial charge in [-0.3, -0.25) is 14.5 Å². The van der Waals surface area contributed by atoms with E-state index in [4.69, 9.17) is 4.98 Å². The molecule has 5 heterocycles. The second-order valence-electron chi connectivity index (χ2n) is 9.39. The maximum Gasteiger partial charge on any atom is 0.228 e. The summed E-state index contributed by atoms with van der Waals surface area (Å²) in [6, 6.07) is 5.03. The molecule has 0 unspecified atom stereocenters. The zero-order valence-corrected chi connectivity index (χ0v) is 22.2. The van der Waals surface area contributed by atoms with Crippen molar-refractivity contribution < 1.29 is 9.18 Å². The molecule has 1 aliphatic heterocycles. The third kappa shape index (κ3) is 5.49. The van der Waals surface area contributed by atoms with Crippen LogP contribution in [-0.2, 0) is 18.3 Å². The van der Waals surface area contributed by atoms with E-state index in [2.05, 4.69) is 37.9 Å². The largest absolute Gasteiger partial charge is 0.353 e. The van der Waals surface area contributed by atoms with Crippen LogP contribution in [0.4, 0.5) is 4.39 Å². The van der Waals surface area contributed by atoms with Gasteiger partial charge in [0.1, 0.15) is 23.2 Å². The molecule has 0 spiro atoms. The molecular formula is C28H27FN10O. The van der Waals surface area contributed by atoms with Crippen molar-refractivity contribution >= 4 is 23.7 Å². The van der Waals surface area contributed by atoms with Gasteiger partial charge in [0.25, 0.3) is 0 Å². The van der Waals surface area contributed by atoms with Crippen molar-refractivity contribution in [2.75, 3.05) is 26.2 Å². The molecule has 202 valence electrons. The van der Waals surface area contributed by atoms with Gasteiger partial charge < -0.3 is 9.80 Å². The highest BCUT2D eigenvalue weighted by Crippen LogP contribution is 2.26. The van der Waals surface area contributed by atoms with E-state index in [1.165, 1.54) is 18.3 Å². The number of allylic oxidation sites excluding steroid dienone is 3. The fraction of sp³-hybridized carbons (Fsp3) is 0.250. The van der Waals surface area contributed by atoms with Gasteiger partial charge in [-0.1, -0.05) is 6.08 Å². The molecule has 12 heteroatoms. The third-order valence-electron chi connectivity index (χ3n) is 6.71. The Labute approximate surface area is 230 Å². The molecule has 5 rings (SSSR count). The van der Waals surface area contributed by atoms with Gasteiger partial charge in [-0.05, 0) is 37.4 Å². The van der Waals surface area contributed by atoms with Gasteiger partial charge >= 0.3 is 0 Å². The Morgan fingerprint density at radius 1 is 1.12 bits per heavy atom. The van der Waals surface area contributed by atoms with Gasteiger partial charge in [0.15, 0.2) is 0 Å². The number of amides is 1. The molecule has 0 aromatic carbocycles. The summed E-state index contributed by atoms with van der Waals surface area (Å²) >= 11 is 0. The number of halogens is 1. The van der Waals surface area contributed by atoms with Crippen LogP contribution in [0.3, 0.4) is 0 Å². The number of piperazine rings is 1. The molecule has 4 aromatic rings. The average molecular weight is 539 g/mol. The van der Waals surface area contributed by atoms with E-state index in [1.54, 1.807) is 26.5 Å². The number of hydrogen-bond donors (Lipinski definition) is 0. The summed E-state index contributed by atoms with van der Waals surface area (Å²) < 4.78 is 16.5. The van der Waals surface area contributed by atoms with Gasteiger partial charge in [-0.2, -0.15) is 15.5 Å². The van der Waals surface area contributed by atoms with Gasteiger partial charge in [-0.25, -0.2) is 18.9 Å². The average Bonchev–Trinajstić information content (AvgIpc) is 3.60. The lowest BCUT2D eigenvalue weighted by Gasteiger charge is -2.36. The summed E-state index contributed by atoms with van der Waals surface area (Å²) in [7, 11) is 1.84. The van der Waals surface area contributed by atoms with E-state index in [0.717, 1.165) is 17.3 Å². The van der Waals surface area contributed by atoms with Crippen molar-refractivity contribution in [2.45, 2.75) is 13.3 Å². The number of carbonyl (C=O) groups excluding carboxylic acids is 1. The lowest BCUT2D eigenvalue weighted by atomic mass is 10.1. The quantitative estimate of drug-likeness (QED) is 0.262. The highest BCUT2D eigenvalue weighted by molar-refractivity contribution is 5.81. The fourth-order valence-corrected chi connectivity index (χ4v) is 4.56. The molecule has 1 amide bonds. The molecule has 0 radical (unpaired) electrons. The predicted molar refractivity (Wildman–Crippen MR) is 147 cm³/mol. The van der Waals surface area contributed by atoms with E-state index in [9.17, 15) is 14.4 Å².